The summed E-state index contributed by atoms with van der Waals surface area (Å²) in [7, 11) is 0. The van der Waals surface area contributed by atoms with E-state index < -0.39 is 4.92 Å². The van der Waals surface area contributed by atoms with Crippen LogP contribution in [0, 0.1) is 45.6 Å². The predicted molar refractivity (Wildman–Crippen MR) is 105 cm³/mol. The lowest BCUT2D eigenvalue weighted by molar-refractivity contribution is -0.384. The minimum absolute atomic E-state index is 0.0640. The number of hydrazone groups is 1. The number of nitro benzene ring substituents is 1. The quantitative estimate of drug-likeness (QED) is 0.256. The summed E-state index contributed by atoms with van der Waals surface area (Å²) in [6, 6.07) is 9.49. The summed E-state index contributed by atoms with van der Waals surface area (Å²) in [5.74, 6) is 0.924. The fraction of sp³-hybridized carbons (Fsp3) is 0.318. The number of imide groups is 1. The molecule has 1 saturated heterocycles. The number of rotatable bonds is 4. The van der Waals surface area contributed by atoms with E-state index in [1.165, 1.54) is 12.3 Å². The number of allylic oxidation sites excluding steroid dienone is 2. The summed E-state index contributed by atoms with van der Waals surface area (Å²) in [4.78, 5) is 36.6. The standard InChI is InChI=1S/C22H17N3O5/c26-21-19-12-6-7-13(16-9-15(12)16)20(19)22(27)24(21)23-10-11-5-8-18(30-11)14-3-1-2-4-17(14)25(28)29/h1-8,10,12-13,15-16,19-20H,9H2/b23-10-/t12-,13-,15-,16+,19+,20-/m1/s1. The molecule has 30 heavy (non-hydrogen) atoms. The third kappa shape index (κ3) is 2.30. The van der Waals surface area contributed by atoms with E-state index in [-0.39, 0.29) is 41.2 Å². The number of furan rings is 1. The lowest BCUT2D eigenvalue weighted by Crippen LogP contribution is -2.40. The number of hydrogen-bond acceptors (Lipinski definition) is 6. The van der Waals surface area contributed by atoms with Gasteiger partial charge in [0.15, 0.2) is 0 Å². The fourth-order valence-corrected chi connectivity index (χ4v) is 5.58. The van der Waals surface area contributed by atoms with Gasteiger partial charge in [0.05, 0.1) is 28.5 Å². The zero-order chi connectivity index (χ0) is 20.6. The van der Waals surface area contributed by atoms with Crippen LogP contribution in [0.25, 0.3) is 11.3 Å². The van der Waals surface area contributed by atoms with Gasteiger partial charge in [0.2, 0.25) is 0 Å². The Morgan fingerprint density at radius 2 is 1.70 bits per heavy atom. The van der Waals surface area contributed by atoms with E-state index in [9.17, 15) is 19.7 Å². The molecule has 8 nitrogen and oxygen atoms in total. The zero-order valence-electron chi connectivity index (χ0n) is 15.8. The first kappa shape index (κ1) is 17.3. The van der Waals surface area contributed by atoms with Crippen molar-refractivity contribution in [2.75, 3.05) is 0 Å². The van der Waals surface area contributed by atoms with Crippen molar-refractivity contribution in [1.29, 1.82) is 0 Å². The van der Waals surface area contributed by atoms with E-state index in [0.29, 0.717) is 28.9 Å². The van der Waals surface area contributed by atoms with Gasteiger partial charge in [-0.1, -0.05) is 24.3 Å². The minimum Gasteiger partial charge on any atom is -0.455 e. The Labute approximate surface area is 171 Å². The molecule has 7 rings (SSSR count). The summed E-state index contributed by atoms with van der Waals surface area (Å²) < 4.78 is 5.67. The molecular formula is C22H17N3O5. The Bertz CT molecular complexity index is 1130. The van der Waals surface area contributed by atoms with Crippen LogP contribution < -0.4 is 0 Å². The van der Waals surface area contributed by atoms with Gasteiger partial charge in [-0.3, -0.25) is 19.7 Å². The topological polar surface area (TPSA) is 106 Å². The van der Waals surface area contributed by atoms with E-state index in [4.69, 9.17) is 4.42 Å². The van der Waals surface area contributed by atoms with Crippen molar-refractivity contribution in [3.8, 4) is 11.3 Å². The Kier molecular flexibility index (Phi) is 3.45. The highest BCUT2D eigenvalue weighted by Gasteiger charge is 2.67. The minimum atomic E-state index is -0.470. The monoisotopic (exact) mass is 403 g/mol. The van der Waals surface area contributed by atoms with E-state index >= 15 is 0 Å². The molecule has 6 atom stereocenters. The second kappa shape index (κ2) is 5.98. The molecule has 0 radical (unpaired) electrons. The normalized spacial score (nSPS) is 33.3. The van der Waals surface area contributed by atoms with Crippen molar-refractivity contribution in [1.82, 2.24) is 5.01 Å². The zero-order valence-corrected chi connectivity index (χ0v) is 15.8. The lowest BCUT2D eigenvalue weighted by Gasteiger charge is -2.37. The molecular weight excluding hydrogens is 386 g/mol. The number of nitro groups is 1. The van der Waals surface area contributed by atoms with Crippen LogP contribution >= 0.6 is 0 Å². The second-order valence-corrected chi connectivity index (χ2v) is 8.36. The molecule has 0 unspecified atom stereocenters. The number of para-hydroxylation sites is 1. The first-order chi connectivity index (χ1) is 14.5. The molecule has 2 aromatic rings. The lowest BCUT2D eigenvalue weighted by atomic mass is 9.63. The van der Waals surface area contributed by atoms with Gasteiger partial charge in [0.1, 0.15) is 11.5 Å². The van der Waals surface area contributed by atoms with Crippen LogP contribution in [0.4, 0.5) is 5.69 Å². The molecule has 2 bridgehead atoms. The van der Waals surface area contributed by atoms with Crippen LogP contribution in [0.2, 0.25) is 0 Å². The highest BCUT2D eigenvalue weighted by atomic mass is 16.6. The van der Waals surface area contributed by atoms with Crippen LogP contribution in [-0.4, -0.2) is 28.0 Å². The van der Waals surface area contributed by atoms with Gasteiger partial charge in [0, 0.05) is 6.07 Å². The molecule has 2 saturated carbocycles. The van der Waals surface area contributed by atoms with Crippen molar-refractivity contribution in [2.24, 2.45) is 40.6 Å². The molecule has 8 heteroatoms. The van der Waals surface area contributed by atoms with E-state index in [1.54, 1.807) is 30.3 Å². The average molecular weight is 403 g/mol. The van der Waals surface area contributed by atoms with Crippen molar-refractivity contribution >= 4 is 23.7 Å². The molecule has 5 aliphatic rings. The van der Waals surface area contributed by atoms with E-state index in [1.807, 2.05) is 0 Å². The fourth-order valence-electron chi connectivity index (χ4n) is 5.58. The summed E-state index contributed by atoms with van der Waals surface area (Å²) in [6.07, 6.45) is 6.66. The van der Waals surface area contributed by atoms with Gasteiger partial charge >= 0.3 is 0 Å². The maximum Gasteiger partial charge on any atom is 0.280 e. The Balaban J connectivity index is 1.26. The maximum absolute atomic E-state index is 12.9. The van der Waals surface area contributed by atoms with Crippen LogP contribution in [0.5, 0.6) is 0 Å². The predicted octanol–water partition coefficient (Wildman–Crippen LogP) is 3.24. The smallest absolute Gasteiger partial charge is 0.280 e. The highest BCUT2D eigenvalue weighted by molar-refractivity contribution is 6.06. The number of hydrogen-bond donors (Lipinski definition) is 0. The van der Waals surface area contributed by atoms with Crippen molar-refractivity contribution < 1.29 is 18.9 Å². The summed E-state index contributed by atoms with van der Waals surface area (Å²) in [6.45, 7) is 0. The van der Waals surface area contributed by atoms with Crippen molar-refractivity contribution in [3.05, 3.63) is 64.4 Å². The van der Waals surface area contributed by atoms with Gasteiger partial charge in [-0.15, -0.1) is 0 Å². The first-order valence-corrected chi connectivity index (χ1v) is 9.98. The number of carbonyl (C=O) groups excluding carboxylic acids is 2. The van der Waals surface area contributed by atoms with Crippen molar-refractivity contribution in [2.45, 2.75) is 6.42 Å². The van der Waals surface area contributed by atoms with Gasteiger partial charge < -0.3 is 4.42 Å². The molecule has 4 aliphatic carbocycles. The summed E-state index contributed by atoms with van der Waals surface area (Å²) >= 11 is 0. The number of benzene rings is 1. The van der Waals surface area contributed by atoms with Gasteiger partial charge in [-0.25, -0.2) is 0 Å². The number of carbonyl (C=O) groups is 2. The Hall–Kier alpha value is -3.55. The molecule has 0 N–H and O–H groups in total. The molecule has 1 aliphatic heterocycles. The second-order valence-electron chi connectivity index (χ2n) is 8.36. The molecule has 2 heterocycles. The van der Waals surface area contributed by atoms with Crippen molar-refractivity contribution in [3.63, 3.8) is 0 Å². The van der Waals surface area contributed by atoms with E-state index in [2.05, 4.69) is 17.3 Å². The van der Waals surface area contributed by atoms with E-state index in [0.717, 1.165) is 11.4 Å². The summed E-state index contributed by atoms with van der Waals surface area (Å²) in [5.41, 5.74) is 0.286. The molecule has 3 fully saturated rings. The third-order valence-electron chi connectivity index (χ3n) is 6.93. The SMILES string of the molecule is O=C1[C@@H]2[C@@H]3C=C[C@H]([C@H]4C[C@@H]34)[C@@H]2C(=O)N1/N=C\c1ccc(-c2ccccc2[N+](=O)[O-])o1. The van der Waals surface area contributed by atoms with Crippen LogP contribution in [-0.2, 0) is 9.59 Å². The third-order valence-corrected chi connectivity index (χ3v) is 6.93. The average Bonchev–Trinajstić information content (AvgIpc) is 3.39. The molecule has 1 aromatic carbocycles. The number of amides is 2. The first-order valence-electron chi connectivity index (χ1n) is 9.98. The van der Waals surface area contributed by atoms with Gasteiger partial charge in [0.25, 0.3) is 17.5 Å². The molecule has 2 amide bonds. The maximum atomic E-state index is 12.9. The highest BCUT2D eigenvalue weighted by Crippen LogP contribution is 2.65. The van der Waals surface area contributed by atoms with Gasteiger partial charge in [-0.05, 0) is 48.3 Å². The molecule has 0 spiro atoms. The largest absolute Gasteiger partial charge is 0.455 e. The Morgan fingerprint density at radius 3 is 2.37 bits per heavy atom. The summed E-state index contributed by atoms with van der Waals surface area (Å²) in [5, 5.41) is 16.4. The van der Waals surface area contributed by atoms with Crippen LogP contribution in [0.1, 0.15) is 12.2 Å². The van der Waals surface area contributed by atoms with Crippen LogP contribution in [0.15, 0.2) is 58.1 Å². The van der Waals surface area contributed by atoms with Gasteiger partial charge in [-0.2, -0.15) is 10.1 Å². The molecule has 150 valence electrons. The molecule has 1 aromatic heterocycles. The number of nitrogens with zero attached hydrogens (tertiary/aromatic N) is 3. The van der Waals surface area contributed by atoms with Crippen LogP contribution in [0.3, 0.4) is 0 Å². The Morgan fingerprint density at radius 1 is 1.03 bits per heavy atom.